The summed E-state index contributed by atoms with van der Waals surface area (Å²) in [6.07, 6.45) is 1.31. The van der Waals surface area contributed by atoms with E-state index in [1.54, 1.807) is 6.08 Å². The van der Waals surface area contributed by atoms with Crippen molar-refractivity contribution in [2.24, 2.45) is 0 Å². The lowest BCUT2D eigenvalue weighted by Crippen LogP contribution is -2.47. The summed E-state index contributed by atoms with van der Waals surface area (Å²) in [7, 11) is 0. The lowest BCUT2D eigenvalue weighted by atomic mass is 10.3. The van der Waals surface area contributed by atoms with Crippen LogP contribution in [0.2, 0.25) is 0 Å². The van der Waals surface area contributed by atoms with E-state index in [0.717, 1.165) is 6.54 Å². The summed E-state index contributed by atoms with van der Waals surface area (Å²) in [5, 5.41) is 5.76. The number of carbonyl (C=O) groups excluding carboxylic acids is 1. The molecule has 1 saturated heterocycles. The number of carbonyl (C=O) groups is 1. The van der Waals surface area contributed by atoms with E-state index in [4.69, 9.17) is 4.74 Å². The molecule has 1 atom stereocenters. The van der Waals surface area contributed by atoms with Gasteiger partial charge in [0.05, 0.1) is 6.61 Å². The molecule has 1 rings (SSSR count). The van der Waals surface area contributed by atoms with Gasteiger partial charge < -0.3 is 15.4 Å². The zero-order valence-corrected chi connectivity index (χ0v) is 7.01. The third-order valence-corrected chi connectivity index (χ3v) is 1.64. The molecule has 0 aromatic heterocycles. The number of rotatable bonds is 3. The quantitative estimate of drug-likeness (QED) is 0.549. The van der Waals surface area contributed by atoms with Crippen LogP contribution in [0.4, 0.5) is 0 Å². The lowest BCUT2D eigenvalue weighted by Gasteiger charge is -2.22. The van der Waals surface area contributed by atoms with E-state index in [1.807, 2.05) is 0 Å². The minimum absolute atomic E-state index is 0.0675. The zero-order valence-electron chi connectivity index (χ0n) is 7.01. The Morgan fingerprint density at radius 1 is 1.83 bits per heavy atom. The first kappa shape index (κ1) is 9.22. The monoisotopic (exact) mass is 170 g/mol. The third kappa shape index (κ3) is 2.64. The minimum Gasteiger partial charge on any atom is -0.366 e. The predicted molar refractivity (Wildman–Crippen MR) is 45.8 cm³/mol. The molecule has 1 amide bonds. The molecule has 0 aromatic carbocycles. The van der Waals surface area contributed by atoms with Gasteiger partial charge in [0, 0.05) is 19.6 Å². The van der Waals surface area contributed by atoms with E-state index in [2.05, 4.69) is 17.2 Å². The van der Waals surface area contributed by atoms with Crippen LogP contribution < -0.4 is 10.6 Å². The molecule has 0 bridgehead atoms. The van der Waals surface area contributed by atoms with E-state index in [-0.39, 0.29) is 12.0 Å². The van der Waals surface area contributed by atoms with Crippen LogP contribution in [-0.2, 0) is 9.53 Å². The van der Waals surface area contributed by atoms with Crippen LogP contribution in [0.25, 0.3) is 0 Å². The van der Waals surface area contributed by atoms with Crippen molar-refractivity contribution in [3.63, 3.8) is 0 Å². The van der Waals surface area contributed by atoms with Gasteiger partial charge in [-0.25, -0.2) is 0 Å². The summed E-state index contributed by atoms with van der Waals surface area (Å²) in [5.74, 6) is -0.0675. The molecule has 0 spiro atoms. The maximum Gasteiger partial charge on any atom is 0.250 e. The van der Waals surface area contributed by atoms with Crippen LogP contribution >= 0.6 is 0 Å². The first-order valence-electron chi connectivity index (χ1n) is 4.05. The number of amides is 1. The molecule has 1 aliphatic rings. The van der Waals surface area contributed by atoms with Crippen LogP contribution in [0.3, 0.4) is 0 Å². The highest BCUT2D eigenvalue weighted by Crippen LogP contribution is 1.94. The van der Waals surface area contributed by atoms with Crippen molar-refractivity contribution in [3.8, 4) is 0 Å². The fraction of sp³-hybridized carbons (Fsp3) is 0.625. The van der Waals surface area contributed by atoms with Gasteiger partial charge in [0.15, 0.2) is 0 Å². The number of morpholine rings is 1. The van der Waals surface area contributed by atoms with Crippen LogP contribution in [0.1, 0.15) is 0 Å². The summed E-state index contributed by atoms with van der Waals surface area (Å²) in [4.78, 5) is 11.2. The normalized spacial score (nSPS) is 23.2. The van der Waals surface area contributed by atoms with Crippen molar-refractivity contribution in [2.75, 3.05) is 26.2 Å². The Bertz CT molecular complexity index is 164. The molecule has 0 aromatic rings. The number of ether oxygens (including phenoxy) is 1. The van der Waals surface area contributed by atoms with Crippen molar-refractivity contribution in [3.05, 3.63) is 12.7 Å². The molecular formula is C8H14N2O2. The Hall–Kier alpha value is -0.870. The number of nitrogens with one attached hydrogen (secondary N) is 2. The number of hydrogen-bond acceptors (Lipinski definition) is 3. The summed E-state index contributed by atoms with van der Waals surface area (Å²) >= 11 is 0. The van der Waals surface area contributed by atoms with Crippen molar-refractivity contribution in [1.82, 2.24) is 10.6 Å². The smallest absolute Gasteiger partial charge is 0.250 e. The third-order valence-electron chi connectivity index (χ3n) is 1.64. The highest BCUT2D eigenvalue weighted by molar-refractivity contribution is 5.81. The molecule has 0 radical (unpaired) electrons. The maximum atomic E-state index is 11.2. The van der Waals surface area contributed by atoms with Crippen molar-refractivity contribution < 1.29 is 9.53 Å². The molecule has 4 heteroatoms. The molecule has 0 saturated carbocycles. The van der Waals surface area contributed by atoms with Crippen molar-refractivity contribution in [2.45, 2.75) is 6.10 Å². The highest BCUT2D eigenvalue weighted by Gasteiger charge is 2.20. The average molecular weight is 170 g/mol. The Balaban J connectivity index is 2.24. The van der Waals surface area contributed by atoms with E-state index in [9.17, 15) is 4.79 Å². The van der Waals surface area contributed by atoms with Gasteiger partial charge >= 0.3 is 0 Å². The summed E-state index contributed by atoms with van der Waals surface area (Å²) in [5.41, 5.74) is 0. The van der Waals surface area contributed by atoms with E-state index >= 15 is 0 Å². The van der Waals surface area contributed by atoms with E-state index in [0.29, 0.717) is 19.7 Å². The van der Waals surface area contributed by atoms with Gasteiger partial charge in [0.25, 0.3) is 5.91 Å². The van der Waals surface area contributed by atoms with Gasteiger partial charge in [-0.05, 0) is 0 Å². The second-order valence-electron chi connectivity index (χ2n) is 2.60. The molecular weight excluding hydrogens is 156 g/mol. The van der Waals surface area contributed by atoms with Crippen LogP contribution in [-0.4, -0.2) is 38.3 Å². The van der Waals surface area contributed by atoms with Crippen LogP contribution in [0.15, 0.2) is 12.7 Å². The molecule has 68 valence electrons. The second-order valence-corrected chi connectivity index (χ2v) is 2.60. The summed E-state index contributed by atoms with van der Waals surface area (Å²) < 4.78 is 5.23. The standard InChI is InChI=1S/C8H14N2O2/c1-2-3-10-8(11)7-6-9-4-5-12-7/h2,7,9H,1,3-6H2,(H,10,11)/t7-/m1/s1. The molecule has 0 aliphatic carbocycles. The van der Waals surface area contributed by atoms with Crippen molar-refractivity contribution in [1.29, 1.82) is 0 Å². The van der Waals surface area contributed by atoms with Gasteiger partial charge in [-0.1, -0.05) is 6.08 Å². The van der Waals surface area contributed by atoms with Crippen molar-refractivity contribution >= 4 is 5.91 Å². The summed E-state index contributed by atoms with van der Waals surface area (Å²) in [6.45, 7) is 6.03. The Labute approximate surface area is 72.0 Å². The topological polar surface area (TPSA) is 50.4 Å². The van der Waals surface area contributed by atoms with Crippen LogP contribution in [0.5, 0.6) is 0 Å². The first-order chi connectivity index (χ1) is 5.84. The Kier molecular flexibility index (Phi) is 3.76. The van der Waals surface area contributed by atoms with Gasteiger partial charge in [0.2, 0.25) is 0 Å². The van der Waals surface area contributed by atoms with Gasteiger partial charge in [-0.15, -0.1) is 6.58 Å². The van der Waals surface area contributed by atoms with Gasteiger partial charge in [-0.2, -0.15) is 0 Å². The fourth-order valence-corrected chi connectivity index (χ4v) is 1.02. The highest BCUT2D eigenvalue weighted by atomic mass is 16.5. The van der Waals surface area contributed by atoms with Gasteiger partial charge in [-0.3, -0.25) is 4.79 Å². The van der Waals surface area contributed by atoms with E-state index in [1.165, 1.54) is 0 Å². The molecule has 1 heterocycles. The SMILES string of the molecule is C=CCNC(=O)[C@H]1CNCCO1. The number of hydrogen-bond donors (Lipinski definition) is 2. The average Bonchev–Trinajstić information content (AvgIpc) is 2.15. The minimum atomic E-state index is -0.335. The maximum absolute atomic E-state index is 11.2. The molecule has 1 aliphatic heterocycles. The van der Waals surface area contributed by atoms with Gasteiger partial charge in [0.1, 0.15) is 6.10 Å². The lowest BCUT2D eigenvalue weighted by molar-refractivity contribution is -0.133. The molecule has 12 heavy (non-hydrogen) atoms. The largest absolute Gasteiger partial charge is 0.366 e. The fourth-order valence-electron chi connectivity index (χ4n) is 1.02. The Morgan fingerprint density at radius 2 is 2.67 bits per heavy atom. The second kappa shape index (κ2) is 4.90. The molecule has 2 N–H and O–H groups in total. The Morgan fingerprint density at radius 3 is 3.25 bits per heavy atom. The molecule has 4 nitrogen and oxygen atoms in total. The predicted octanol–water partition coefficient (Wildman–Crippen LogP) is -0.723. The van der Waals surface area contributed by atoms with E-state index < -0.39 is 0 Å². The molecule has 0 unspecified atom stereocenters. The van der Waals surface area contributed by atoms with Crippen LogP contribution in [0, 0.1) is 0 Å². The zero-order chi connectivity index (χ0) is 8.81. The summed E-state index contributed by atoms with van der Waals surface area (Å²) in [6, 6.07) is 0. The first-order valence-corrected chi connectivity index (χ1v) is 4.05. The molecule has 1 fully saturated rings.